The molecule has 2 aliphatic carbocycles. The SMILES string of the molecule is OCCN(CC(F)F)CC1(CNC2CC2)CCCCC1. The van der Waals surface area contributed by atoms with E-state index in [4.69, 9.17) is 5.11 Å². The Balaban J connectivity index is 1.92. The molecule has 0 spiro atoms. The van der Waals surface area contributed by atoms with E-state index in [1.165, 1.54) is 32.1 Å². The molecule has 3 nitrogen and oxygen atoms in total. The molecule has 0 aromatic rings. The van der Waals surface area contributed by atoms with Crippen molar-refractivity contribution in [2.45, 2.75) is 57.4 Å². The number of alkyl halides is 2. The summed E-state index contributed by atoms with van der Waals surface area (Å²) in [6.07, 6.45) is 6.11. The second-order valence-corrected chi connectivity index (χ2v) is 6.57. The van der Waals surface area contributed by atoms with E-state index in [2.05, 4.69) is 5.32 Å². The zero-order chi connectivity index (χ0) is 14.4. The van der Waals surface area contributed by atoms with Gasteiger partial charge in [-0.1, -0.05) is 19.3 Å². The first-order valence-electron chi connectivity index (χ1n) is 7.98. The number of hydrogen-bond acceptors (Lipinski definition) is 3. The Hall–Kier alpha value is -0.260. The molecule has 5 heteroatoms. The number of halogens is 2. The van der Waals surface area contributed by atoms with Crippen LogP contribution in [-0.2, 0) is 0 Å². The molecule has 2 aliphatic rings. The molecule has 2 fully saturated rings. The smallest absolute Gasteiger partial charge is 0.251 e. The van der Waals surface area contributed by atoms with Gasteiger partial charge in [0, 0.05) is 25.7 Å². The summed E-state index contributed by atoms with van der Waals surface area (Å²) in [4.78, 5) is 1.75. The van der Waals surface area contributed by atoms with Gasteiger partial charge in [-0.3, -0.25) is 4.90 Å². The average Bonchev–Trinajstić information content (AvgIpc) is 3.21. The van der Waals surface area contributed by atoms with Crippen molar-refractivity contribution in [1.82, 2.24) is 10.2 Å². The largest absolute Gasteiger partial charge is 0.395 e. The molecule has 0 aromatic heterocycles. The van der Waals surface area contributed by atoms with E-state index < -0.39 is 6.43 Å². The molecular formula is C15H28F2N2O. The van der Waals surface area contributed by atoms with Gasteiger partial charge in [-0.15, -0.1) is 0 Å². The zero-order valence-corrected chi connectivity index (χ0v) is 12.3. The first-order chi connectivity index (χ1) is 9.63. The van der Waals surface area contributed by atoms with Crippen LogP contribution in [0.25, 0.3) is 0 Å². The standard InChI is InChI=1S/C15H28F2N2O/c16-14(17)10-19(8-9-20)12-15(6-2-1-3-7-15)11-18-13-4-5-13/h13-14,18,20H,1-12H2. The molecule has 0 aliphatic heterocycles. The minimum absolute atomic E-state index is 0.0428. The van der Waals surface area contributed by atoms with Crippen molar-refractivity contribution in [3.63, 3.8) is 0 Å². The van der Waals surface area contributed by atoms with Crippen molar-refractivity contribution < 1.29 is 13.9 Å². The summed E-state index contributed by atoms with van der Waals surface area (Å²) in [5, 5.41) is 12.7. The average molecular weight is 290 g/mol. The van der Waals surface area contributed by atoms with E-state index >= 15 is 0 Å². The molecule has 0 unspecified atom stereocenters. The molecule has 0 atom stereocenters. The normalized spacial score (nSPS) is 22.6. The van der Waals surface area contributed by atoms with E-state index in [1.807, 2.05) is 0 Å². The highest BCUT2D eigenvalue weighted by molar-refractivity contribution is 4.91. The summed E-state index contributed by atoms with van der Waals surface area (Å²) in [6.45, 7) is 1.74. The van der Waals surface area contributed by atoms with Gasteiger partial charge in [0.15, 0.2) is 0 Å². The lowest BCUT2D eigenvalue weighted by molar-refractivity contribution is 0.0374. The third-order valence-corrected chi connectivity index (χ3v) is 4.63. The predicted octanol–water partition coefficient (Wildman–Crippen LogP) is 2.25. The van der Waals surface area contributed by atoms with Crippen LogP contribution in [0.4, 0.5) is 8.78 Å². The lowest BCUT2D eigenvalue weighted by atomic mass is 9.73. The fraction of sp³-hybridized carbons (Fsp3) is 1.00. The molecule has 118 valence electrons. The molecular weight excluding hydrogens is 262 g/mol. The van der Waals surface area contributed by atoms with E-state index in [1.54, 1.807) is 4.90 Å². The second-order valence-electron chi connectivity index (χ2n) is 6.57. The van der Waals surface area contributed by atoms with Crippen molar-refractivity contribution in [2.24, 2.45) is 5.41 Å². The van der Waals surface area contributed by atoms with Gasteiger partial charge >= 0.3 is 0 Å². The van der Waals surface area contributed by atoms with E-state index in [0.717, 1.165) is 19.4 Å². The van der Waals surface area contributed by atoms with E-state index in [0.29, 0.717) is 19.1 Å². The molecule has 2 saturated carbocycles. The first kappa shape index (κ1) is 16.1. The number of rotatable bonds is 9. The van der Waals surface area contributed by atoms with Crippen LogP contribution in [0.5, 0.6) is 0 Å². The van der Waals surface area contributed by atoms with Crippen LogP contribution < -0.4 is 5.32 Å². The quantitative estimate of drug-likeness (QED) is 0.684. The van der Waals surface area contributed by atoms with Gasteiger partial charge in [-0.2, -0.15) is 0 Å². The van der Waals surface area contributed by atoms with E-state index in [-0.39, 0.29) is 18.6 Å². The molecule has 0 saturated heterocycles. The molecule has 2 rings (SSSR count). The third-order valence-electron chi connectivity index (χ3n) is 4.63. The Labute approximate surface area is 120 Å². The topological polar surface area (TPSA) is 35.5 Å². The van der Waals surface area contributed by atoms with Crippen LogP contribution in [-0.4, -0.2) is 55.3 Å². The number of hydrogen-bond donors (Lipinski definition) is 2. The summed E-state index contributed by atoms with van der Waals surface area (Å²) in [7, 11) is 0. The number of nitrogens with zero attached hydrogens (tertiary/aromatic N) is 1. The molecule has 0 aromatic carbocycles. The van der Waals surface area contributed by atoms with Crippen LogP contribution in [0.1, 0.15) is 44.9 Å². The zero-order valence-electron chi connectivity index (χ0n) is 12.3. The molecule has 0 radical (unpaired) electrons. The highest BCUT2D eigenvalue weighted by atomic mass is 19.3. The van der Waals surface area contributed by atoms with Crippen LogP contribution in [0.3, 0.4) is 0 Å². The van der Waals surface area contributed by atoms with Gasteiger partial charge in [0.25, 0.3) is 6.43 Å². The van der Waals surface area contributed by atoms with E-state index in [9.17, 15) is 8.78 Å². The Kier molecular flexibility index (Phi) is 6.18. The van der Waals surface area contributed by atoms with Gasteiger partial charge in [0.1, 0.15) is 0 Å². The van der Waals surface area contributed by atoms with Gasteiger partial charge in [-0.05, 0) is 31.1 Å². The Morgan fingerprint density at radius 2 is 1.90 bits per heavy atom. The van der Waals surface area contributed by atoms with Gasteiger partial charge in [0.2, 0.25) is 0 Å². The molecule has 0 amide bonds. The van der Waals surface area contributed by atoms with Crippen molar-refractivity contribution in [2.75, 3.05) is 32.8 Å². The maximum atomic E-state index is 12.7. The van der Waals surface area contributed by atoms with Crippen molar-refractivity contribution in [3.05, 3.63) is 0 Å². The minimum atomic E-state index is -2.32. The van der Waals surface area contributed by atoms with Gasteiger partial charge in [-0.25, -0.2) is 8.78 Å². The molecule has 0 bridgehead atoms. The minimum Gasteiger partial charge on any atom is -0.395 e. The number of aliphatic hydroxyl groups excluding tert-OH is 1. The Morgan fingerprint density at radius 1 is 1.20 bits per heavy atom. The fourth-order valence-corrected chi connectivity index (χ4v) is 3.39. The summed E-state index contributed by atoms with van der Waals surface area (Å²) < 4.78 is 25.3. The van der Waals surface area contributed by atoms with Crippen LogP contribution in [0.2, 0.25) is 0 Å². The van der Waals surface area contributed by atoms with Gasteiger partial charge < -0.3 is 10.4 Å². The summed E-state index contributed by atoms with van der Waals surface area (Å²) >= 11 is 0. The highest BCUT2D eigenvalue weighted by Gasteiger charge is 2.35. The first-order valence-corrected chi connectivity index (χ1v) is 7.98. The second kappa shape index (κ2) is 7.66. The fourth-order valence-electron chi connectivity index (χ4n) is 3.39. The predicted molar refractivity (Wildman–Crippen MR) is 76.1 cm³/mol. The number of aliphatic hydroxyl groups is 1. The lowest BCUT2D eigenvalue weighted by Gasteiger charge is -2.41. The third kappa shape index (κ3) is 5.26. The molecule has 0 heterocycles. The van der Waals surface area contributed by atoms with Crippen molar-refractivity contribution in [1.29, 1.82) is 0 Å². The van der Waals surface area contributed by atoms with Crippen molar-refractivity contribution in [3.8, 4) is 0 Å². The van der Waals surface area contributed by atoms with Crippen LogP contribution >= 0.6 is 0 Å². The molecule has 20 heavy (non-hydrogen) atoms. The summed E-state index contributed by atoms with van der Waals surface area (Å²) in [6, 6.07) is 0.662. The maximum Gasteiger partial charge on any atom is 0.251 e. The Morgan fingerprint density at radius 3 is 2.45 bits per heavy atom. The maximum absolute atomic E-state index is 12.7. The summed E-state index contributed by atoms with van der Waals surface area (Å²) in [5.41, 5.74) is 0.130. The van der Waals surface area contributed by atoms with Gasteiger partial charge in [0.05, 0.1) is 13.2 Å². The monoisotopic (exact) mass is 290 g/mol. The van der Waals surface area contributed by atoms with Crippen LogP contribution in [0.15, 0.2) is 0 Å². The Bertz CT molecular complexity index is 279. The highest BCUT2D eigenvalue weighted by Crippen LogP contribution is 2.37. The van der Waals surface area contributed by atoms with Crippen LogP contribution in [0, 0.1) is 5.41 Å². The number of nitrogens with one attached hydrogen (secondary N) is 1. The van der Waals surface area contributed by atoms with Crippen molar-refractivity contribution >= 4 is 0 Å². The summed E-state index contributed by atoms with van der Waals surface area (Å²) in [5.74, 6) is 0. The molecule has 2 N–H and O–H groups in total. The lowest BCUT2D eigenvalue weighted by Crippen LogP contribution is -2.47.